The van der Waals surface area contributed by atoms with Crippen molar-refractivity contribution in [1.29, 1.82) is 0 Å². The van der Waals surface area contributed by atoms with E-state index in [-0.39, 0.29) is 18.4 Å². The number of aliphatic carboxylic acids is 1. The van der Waals surface area contributed by atoms with Crippen LogP contribution in [0.3, 0.4) is 0 Å². The number of urea groups is 1. The van der Waals surface area contributed by atoms with Gasteiger partial charge >= 0.3 is 12.0 Å². The average molecular weight is 256 g/mol. The number of hydrogen-bond acceptors (Lipinski definition) is 3. The fourth-order valence-corrected chi connectivity index (χ4v) is 2.69. The fraction of sp³-hybridized carbons (Fsp3) is 0.833. The van der Waals surface area contributed by atoms with Gasteiger partial charge in [-0.2, -0.15) is 0 Å². The molecule has 2 fully saturated rings. The molecule has 18 heavy (non-hydrogen) atoms. The normalized spacial score (nSPS) is 25.5. The van der Waals surface area contributed by atoms with Crippen LogP contribution in [0.15, 0.2) is 0 Å². The molecule has 0 bridgehead atoms. The molecule has 2 rings (SSSR count). The monoisotopic (exact) mass is 256 g/mol. The molecule has 1 unspecified atom stereocenters. The quantitative estimate of drug-likeness (QED) is 0.747. The molecular formula is C12H20N2O4. The molecule has 102 valence electrons. The molecule has 2 N–H and O–H groups in total. The van der Waals surface area contributed by atoms with Gasteiger partial charge in [0, 0.05) is 32.6 Å². The van der Waals surface area contributed by atoms with E-state index in [1.165, 1.54) is 0 Å². The van der Waals surface area contributed by atoms with Crippen LogP contribution < -0.4 is 0 Å². The van der Waals surface area contributed by atoms with Gasteiger partial charge in [-0.3, -0.25) is 4.79 Å². The van der Waals surface area contributed by atoms with Gasteiger partial charge in [-0.15, -0.1) is 0 Å². The third-order valence-corrected chi connectivity index (χ3v) is 3.78. The first kappa shape index (κ1) is 13.1. The summed E-state index contributed by atoms with van der Waals surface area (Å²) >= 11 is 0. The summed E-state index contributed by atoms with van der Waals surface area (Å²) in [6.45, 7) is 2.30. The second-order valence-electron chi connectivity index (χ2n) is 5.20. The number of aliphatic hydroxyl groups excluding tert-OH is 1. The Morgan fingerprint density at radius 2 is 1.67 bits per heavy atom. The van der Waals surface area contributed by atoms with E-state index >= 15 is 0 Å². The van der Waals surface area contributed by atoms with Crippen molar-refractivity contribution in [2.45, 2.75) is 31.8 Å². The van der Waals surface area contributed by atoms with Gasteiger partial charge in [0.25, 0.3) is 0 Å². The van der Waals surface area contributed by atoms with E-state index in [0.717, 1.165) is 12.8 Å². The molecule has 2 saturated heterocycles. The third kappa shape index (κ3) is 3.13. The zero-order chi connectivity index (χ0) is 13.1. The van der Waals surface area contributed by atoms with Crippen LogP contribution in [0.1, 0.15) is 25.7 Å². The minimum Gasteiger partial charge on any atom is -0.481 e. The minimum atomic E-state index is -0.762. The number of nitrogens with zero attached hydrogens (tertiary/aromatic N) is 2. The Morgan fingerprint density at radius 3 is 2.17 bits per heavy atom. The Balaban J connectivity index is 1.79. The van der Waals surface area contributed by atoms with Gasteiger partial charge in [0.2, 0.25) is 0 Å². The molecule has 0 spiro atoms. The summed E-state index contributed by atoms with van der Waals surface area (Å²) in [6, 6.07) is -0.0136. The molecule has 2 amide bonds. The summed E-state index contributed by atoms with van der Waals surface area (Å²) in [7, 11) is 0. The van der Waals surface area contributed by atoms with Crippen LogP contribution in [0.5, 0.6) is 0 Å². The highest BCUT2D eigenvalue weighted by molar-refractivity contribution is 5.75. The Kier molecular flexibility index (Phi) is 4.06. The standard InChI is InChI=1S/C12H20N2O4/c15-10-3-6-14(8-10)12(18)13-4-1-9(2-5-13)7-11(16)17/h9-10,15H,1-8H2,(H,16,17). The van der Waals surface area contributed by atoms with E-state index in [2.05, 4.69) is 0 Å². The van der Waals surface area contributed by atoms with Crippen molar-refractivity contribution in [2.75, 3.05) is 26.2 Å². The van der Waals surface area contributed by atoms with Gasteiger partial charge in [0.05, 0.1) is 6.10 Å². The van der Waals surface area contributed by atoms with Crippen molar-refractivity contribution in [3.63, 3.8) is 0 Å². The lowest BCUT2D eigenvalue weighted by atomic mass is 9.94. The number of carboxylic acids is 1. The first-order chi connectivity index (χ1) is 8.56. The third-order valence-electron chi connectivity index (χ3n) is 3.78. The van der Waals surface area contributed by atoms with Gasteiger partial charge in [-0.1, -0.05) is 0 Å². The highest BCUT2D eigenvalue weighted by atomic mass is 16.4. The Bertz CT molecular complexity index is 326. The second kappa shape index (κ2) is 5.56. The largest absolute Gasteiger partial charge is 0.481 e. The van der Waals surface area contributed by atoms with Gasteiger partial charge in [-0.05, 0) is 25.2 Å². The molecule has 0 radical (unpaired) electrons. The van der Waals surface area contributed by atoms with Crippen LogP contribution in [-0.4, -0.2) is 64.3 Å². The van der Waals surface area contributed by atoms with Crippen LogP contribution in [0, 0.1) is 5.92 Å². The fourth-order valence-electron chi connectivity index (χ4n) is 2.69. The summed E-state index contributed by atoms with van der Waals surface area (Å²) < 4.78 is 0. The van der Waals surface area contributed by atoms with Crippen LogP contribution in [-0.2, 0) is 4.79 Å². The SMILES string of the molecule is O=C(O)CC1CCN(C(=O)N2CCC(O)C2)CC1. The number of aliphatic hydroxyl groups is 1. The van der Waals surface area contributed by atoms with Crippen molar-refractivity contribution in [3.05, 3.63) is 0 Å². The van der Waals surface area contributed by atoms with Crippen LogP contribution in [0.25, 0.3) is 0 Å². The maximum absolute atomic E-state index is 12.1. The van der Waals surface area contributed by atoms with Crippen molar-refractivity contribution >= 4 is 12.0 Å². The summed E-state index contributed by atoms with van der Waals surface area (Å²) in [5.74, 6) is -0.571. The van der Waals surface area contributed by atoms with Crippen LogP contribution in [0.2, 0.25) is 0 Å². The van der Waals surface area contributed by atoms with Crippen molar-refractivity contribution in [1.82, 2.24) is 9.80 Å². The highest BCUT2D eigenvalue weighted by Gasteiger charge is 2.30. The molecule has 0 aromatic rings. The number of carbonyl (C=O) groups excluding carboxylic acids is 1. The number of β-amino-alcohol motifs (C(OH)–C–C–N with tert-alkyl or cyclic N) is 1. The van der Waals surface area contributed by atoms with Crippen molar-refractivity contribution in [2.24, 2.45) is 5.92 Å². The molecular weight excluding hydrogens is 236 g/mol. The first-order valence-electron chi connectivity index (χ1n) is 6.50. The number of carbonyl (C=O) groups is 2. The topological polar surface area (TPSA) is 81.1 Å². The molecule has 2 aliphatic rings. The minimum absolute atomic E-state index is 0.0136. The number of carboxylic acid groups (broad SMARTS) is 1. The second-order valence-corrected chi connectivity index (χ2v) is 5.20. The summed E-state index contributed by atoms with van der Waals surface area (Å²) in [4.78, 5) is 26.2. The first-order valence-corrected chi connectivity index (χ1v) is 6.50. The molecule has 2 aliphatic heterocycles. The predicted octanol–water partition coefficient (Wildman–Crippen LogP) is 0.360. The van der Waals surface area contributed by atoms with E-state index in [9.17, 15) is 14.7 Å². The molecule has 0 aromatic heterocycles. The maximum Gasteiger partial charge on any atom is 0.320 e. The van der Waals surface area contributed by atoms with E-state index in [1.807, 2.05) is 0 Å². The lowest BCUT2D eigenvalue weighted by Gasteiger charge is -2.34. The van der Waals surface area contributed by atoms with E-state index in [1.54, 1.807) is 9.80 Å². The zero-order valence-electron chi connectivity index (χ0n) is 10.4. The van der Waals surface area contributed by atoms with Crippen LogP contribution in [0.4, 0.5) is 4.79 Å². The lowest BCUT2D eigenvalue weighted by Crippen LogP contribution is -2.46. The number of amides is 2. The molecule has 2 heterocycles. The average Bonchev–Trinajstić information content (AvgIpc) is 2.75. The lowest BCUT2D eigenvalue weighted by molar-refractivity contribution is -0.138. The van der Waals surface area contributed by atoms with E-state index < -0.39 is 12.1 Å². The maximum atomic E-state index is 12.1. The number of likely N-dealkylation sites (tertiary alicyclic amines) is 2. The number of rotatable bonds is 2. The summed E-state index contributed by atoms with van der Waals surface area (Å²) in [6.07, 6.45) is 1.98. The molecule has 0 saturated carbocycles. The van der Waals surface area contributed by atoms with Gasteiger partial charge in [0.1, 0.15) is 0 Å². The highest BCUT2D eigenvalue weighted by Crippen LogP contribution is 2.22. The summed E-state index contributed by atoms with van der Waals surface area (Å²) in [5, 5.41) is 18.1. The molecule has 6 nitrogen and oxygen atoms in total. The summed E-state index contributed by atoms with van der Waals surface area (Å²) in [5.41, 5.74) is 0. The van der Waals surface area contributed by atoms with Gasteiger partial charge in [-0.25, -0.2) is 4.79 Å². The number of piperidine rings is 1. The Labute approximate surface area is 106 Å². The van der Waals surface area contributed by atoms with Crippen LogP contribution >= 0.6 is 0 Å². The Morgan fingerprint density at radius 1 is 1.06 bits per heavy atom. The zero-order valence-corrected chi connectivity index (χ0v) is 10.4. The van der Waals surface area contributed by atoms with E-state index in [4.69, 9.17) is 5.11 Å². The smallest absolute Gasteiger partial charge is 0.320 e. The molecule has 1 atom stereocenters. The number of hydrogen-bond donors (Lipinski definition) is 2. The van der Waals surface area contributed by atoms with Gasteiger partial charge < -0.3 is 20.0 Å². The van der Waals surface area contributed by atoms with Crippen molar-refractivity contribution < 1.29 is 19.8 Å². The molecule has 6 heteroatoms. The molecule has 0 aromatic carbocycles. The van der Waals surface area contributed by atoms with Crippen molar-refractivity contribution in [3.8, 4) is 0 Å². The van der Waals surface area contributed by atoms with Gasteiger partial charge in [0.15, 0.2) is 0 Å². The predicted molar refractivity (Wildman–Crippen MR) is 64.1 cm³/mol. The molecule has 0 aliphatic carbocycles. The van der Waals surface area contributed by atoms with E-state index in [0.29, 0.717) is 32.6 Å². The Hall–Kier alpha value is -1.30.